The van der Waals surface area contributed by atoms with Crippen molar-refractivity contribution in [2.24, 2.45) is 0 Å². The van der Waals surface area contributed by atoms with Crippen molar-refractivity contribution in [3.8, 4) is 0 Å². The maximum Gasteiger partial charge on any atom is 0.337 e. The van der Waals surface area contributed by atoms with Crippen molar-refractivity contribution in [3.63, 3.8) is 0 Å². The van der Waals surface area contributed by atoms with Crippen LogP contribution in [0.3, 0.4) is 0 Å². The van der Waals surface area contributed by atoms with Gasteiger partial charge in [0.2, 0.25) is 10.0 Å². The first-order valence-electron chi connectivity index (χ1n) is 10.5. The summed E-state index contributed by atoms with van der Waals surface area (Å²) in [4.78, 5) is 12.7. The molecule has 0 spiro atoms. The molecular weight excluding hydrogens is 488 g/mol. The minimum Gasteiger partial charge on any atom is -0.466 e. The minimum atomic E-state index is -4.10. The molecule has 2 N–H and O–H groups in total. The van der Waals surface area contributed by atoms with E-state index in [2.05, 4.69) is 9.44 Å². The van der Waals surface area contributed by atoms with Crippen LogP contribution in [0.25, 0.3) is 0 Å². The van der Waals surface area contributed by atoms with Crippen molar-refractivity contribution in [2.75, 3.05) is 7.11 Å². The number of nitrogens with one attached hydrogen (secondary N) is 2. The summed E-state index contributed by atoms with van der Waals surface area (Å²) < 4.78 is 61.6. The number of aryl methyl sites for hydroxylation is 2. The van der Waals surface area contributed by atoms with Gasteiger partial charge in [-0.2, -0.15) is 4.72 Å². The summed E-state index contributed by atoms with van der Waals surface area (Å²) in [7, 11) is -7.01. The summed E-state index contributed by atoms with van der Waals surface area (Å²) in [6.45, 7) is 3.65. The number of methoxy groups -OCH3 is 1. The van der Waals surface area contributed by atoms with E-state index in [1.165, 1.54) is 24.3 Å². The molecule has 1 unspecified atom stereocenters. The zero-order valence-corrected chi connectivity index (χ0v) is 21.1. The number of ether oxygens (including phenoxy) is 1. The average molecular weight is 515 g/mol. The molecule has 35 heavy (non-hydrogen) atoms. The third-order valence-corrected chi connectivity index (χ3v) is 7.93. The largest absolute Gasteiger partial charge is 0.466 e. The van der Waals surface area contributed by atoms with Crippen LogP contribution in [0.1, 0.15) is 22.7 Å². The van der Waals surface area contributed by atoms with Crippen LogP contribution in [0.2, 0.25) is 0 Å². The molecule has 10 heteroatoms. The van der Waals surface area contributed by atoms with E-state index in [1.807, 2.05) is 13.8 Å². The molecule has 0 aliphatic heterocycles. The highest BCUT2D eigenvalue weighted by molar-refractivity contribution is 7.89. The Morgan fingerprint density at radius 3 is 1.74 bits per heavy atom. The van der Waals surface area contributed by atoms with Gasteiger partial charge in [0.15, 0.2) is 0 Å². The first-order chi connectivity index (χ1) is 16.5. The Hall–Kier alpha value is -3.47. The third-order valence-electron chi connectivity index (χ3n) is 5.17. The number of carbonyl (C=O) groups excluding carboxylic acids is 1. The monoisotopic (exact) mass is 514 g/mol. The summed E-state index contributed by atoms with van der Waals surface area (Å²) in [6.07, 6.45) is 0.955. The fourth-order valence-electron chi connectivity index (χ4n) is 3.20. The molecule has 0 heterocycles. The number of carbonyl (C=O) groups is 1. The molecule has 0 aromatic heterocycles. The van der Waals surface area contributed by atoms with E-state index in [1.54, 1.807) is 54.6 Å². The van der Waals surface area contributed by atoms with E-state index in [-0.39, 0.29) is 15.4 Å². The second-order valence-corrected chi connectivity index (χ2v) is 11.2. The van der Waals surface area contributed by atoms with Crippen molar-refractivity contribution in [1.82, 2.24) is 9.44 Å². The lowest BCUT2D eigenvalue weighted by atomic mass is 10.0. The molecule has 1 atom stereocenters. The van der Waals surface area contributed by atoms with E-state index in [9.17, 15) is 21.6 Å². The lowest BCUT2D eigenvalue weighted by molar-refractivity contribution is -0.136. The molecule has 0 aliphatic rings. The molecule has 3 rings (SSSR count). The van der Waals surface area contributed by atoms with Crippen molar-refractivity contribution in [2.45, 2.75) is 29.7 Å². The smallest absolute Gasteiger partial charge is 0.337 e. The molecule has 0 fully saturated rings. The Balaban J connectivity index is 2.06. The Labute approximate surface area is 205 Å². The van der Waals surface area contributed by atoms with Crippen LogP contribution in [-0.2, 0) is 29.6 Å². The molecule has 3 aromatic carbocycles. The highest BCUT2D eigenvalue weighted by Crippen LogP contribution is 2.26. The van der Waals surface area contributed by atoms with Crippen LogP contribution >= 0.6 is 0 Å². The fourth-order valence-corrected chi connectivity index (χ4v) is 5.32. The number of hydrogen-bond donors (Lipinski definition) is 2. The summed E-state index contributed by atoms with van der Waals surface area (Å²) in [5.41, 5.74) is 1.92. The zero-order chi connectivity index (χ0) is 25.6. The Morgan fingerprint density at radius 2 is 1.26 bits per heavy atom. The van der Waals surface area contributed by atoms with E-state index in [0.717, 1.165) is 24.4 Å². The standard InChI is InChI=1S/C25H26N2O6S2/c1-18-9-13-21(14-10-18)34(29,30)26-17-23(25(28)33-3)24(20-7-5-4-6-8-20)27-35(31,32)22-15-11-19(2)12-16-22/h4-17,24,26-27H,1-3H3/b23-17+. The van der Waals surface area contributed by atoms with Crippen molar-refractivity contribution >= 4 is 26.0 Å². The lowest BCUT2D eigenvalue weighted by Gasteiger charge is -2.21. The zero-order valence-electron chi connectivity index (χ0n) is 19.4. The van der Waals surface area contributed by atoms with Gasteiger partial charge < -0.3 is 4.74 Å². The highest BCUT2D eigenvalue weighted by Gasteiger charge is 2.29. The van der Waals surface area contributed by atoms with Gasteiger partial charge in [0, 0.05) is 6.20 Å². The van der Waals surface area contributed by atoms with Gasteiger partial charge in [0.05, 0.1) is 28.5 Å². The highest BCUT2D eigenvalue weighted by atomic mass is 32.2. The van der Waals surface area contributed by atoms with Crippen LogP contribution in [-0.4, -0.2) is 29.9 Å². The van der Waals surface area contributed by atoms with Gasteiger partial charge >= 0.3 is 5.97 Å². The maximum atomic E-state index is 13.2. The summed E-state index contributed by atoms with van der Waals surface area (Å²) in [5.74, 6) is -0.905. The number of rotatable bonds is 9. The average Bonchev–Trinajstić information content (AvgIpc) is 2.84. The van der Waals surface area contributed by atoms with Crippen molar-refractivity contribution in [3.05, 3.63) is 107 Å². The van der Waals surface area contributed by atoms with Crippen LogP contribution in [0.5, 0.6) is 0 Å². The van der Waals surface area contributed by atoms with Gasteiger partial charge in [-0.1, -0.05) is 65.7 Å². The van der Waals surface area contributed by atoms with Gasteiger partial charge in [-0.15, -0.1) is 0 Å². The molecule has 0 amide bonds. The second-order valence-electron chi connectivity index (χ2n) is 7.80. The van der Waals surface area contributed by atoms with Crippen LogP contribution in [0, 0.1) is 13.8 Å². The number of hydrogen-bond acceptors (Lipinski definition) is 6. The first kappa shape index (κ1) is 26.1. The van der Waals surface area contributed by atoms with Crippen molar-refractivity contribution in [1.29, 1.82) is 0 Å². The van der Waals surface area contributed by atoms with Crippen LogP contribution in [0.4, 0.5) is 0 Å². The van der Waals surface area contributed by atoms with Crippen molar-refractivity contribution < 1.29 is 26.4 Å². The molecule has 184 valence electrons. The van der Waals surface area contributed by atoms with Crippen LogP contribution in [0.15, 0.2) is 100 Å². The minimum absolute atomic E-state index is 0.00603. The maximum absolute atomic E-state index is 13.2. The second kappa shape index (κ2) is 10.9. The molecule has 0 aliphatic carbocycles. The number of benzene rings is 3. The summed E-state index contributed by atoms with van der Waals surface area (Å²) in [5, 5.41) is 0. The predicted molar refractivity (Wildman–Crippen MR) is 132 cm³/mol. The molecule has 0 bridgehead atoms. The Kier molecular flexibility index (Phi) is 8.11. The fraction of sp³-hybridized carbons (Fsp3) is 0.160. The molecule has 3 aromatic rings. The summed E-state index contributed by atoms with van der Waals surface area (Å²) >= 11 is 0. The Morgan fingerprint density at radius 1 is 0.771 bits per heavy atom. The molecule has 0 radical (unpaired) electrons. The molecule has 0 saturated carbocycles. The van der Waals surface area contributed by atoms with E-state index in [4.69, 9.17) is 4.74 Å². The molecule has 8 nitrogen and oxygen atoms in total. The van der Waals surface area contributed by atoms with Gasteiger partial charge in [0.25, 0.3) is 10.0 Å². The molecular formula is C25H26N2O6S2. The van der Waals surface area contributed by atoms with Gasteiger partial charge in [0.1, 0.15) is 0 Å². The van der Waals surface area contributed by atoms with Crippen LogP contribution < -0.4 is 9.44 Å². The normalized spacial score (nSPS) is 13.2. The van der Waals surface area contributed by atoms with Gasteiger partial charge in [-0.25, -0.2) is 21.6 Å². The van der Waals surface area contributed by atoms with Gasteiger partial charge in [-0.3, -0.25) is 4.72 Å². The van der Waals surface area contributed by atoms with E-state index >= 15 is 0 Å². The predicted octanol–water partition coefficient (Wildman–Crippen LogP) is 3.36. The first-order valence-corrected chi connectivity index (χ1v) is 13.5. The van der Waals surface area contributed by atoms with Gasteiger partial charge in [-0.05, 0) is 43.7 Å². The third kappa shape index (κ3) is 6.56. The topological polar surface area (TPSA) is 119 Å². The lowest BCUT2D eigenvalue weighted by Crippen LogP contribution is -2.33. The quantitative estimate of drug-likeness (QED) is 0.334. The Bertz CT molecular complexity index is 1420. The number of esters is 1. The SMILES string of the molecule is COC(=O)/C(=C/NS(=O)(=O)c1ccc(C)cc1)C(NS(=O)(=O)c1ccc(C)cc1)c1ccccc1. The molecule has 0 saturated heterocycles. The number of sulfonamides is 2. The summed E-state index contributed by atoms with van der Waals surface area (Å²) in [6, 6.07) is 19.4. The van der Waals surface area contributed by atoms with E-state index < -0.39 is 32.1 Å². The van der Waals surface area contributed by atoms with E-state index in [0.29, 0.717) is 5.56 Å².